The van der Waals surface area contributed by atoms with E-state index < -0.39 is 0 Å². The third-order valence-corrected chi connectivity index (χ3v) is 4.81. The maximum Gasteiger partial charge on any atom is 0.135 e. The van der Waals surface area contributed by atoms with Gasteiger partial charge < -0.3 is 10.5 Å². The Bertz CT molecular complexity index is 865. The van der Waals surface area contributed by atoms with Gasteiger partial charge in [-0.1, -0.05) is 48.0 Å². The summed E-state index contributed by atoms with van der Waals surface area (Å²) >= 11 is 0. The zero-order valence-electron chi connectivity index (χ0n) is 15.1. The summed E-state index contributed by atoms with van der Waals surface area (Å²) in [6.07, 6.45) is 0. The molecular weight excluding hydrogens is 324 g/mol. The maximum absolute atomic E-state index is 6.57. The van der Waals surface area contributed by atoms with Crippen LogP contribution in [0, 0.1) is 6.92 Å². The van der Waals surface area contributed by atoms with Crippen LogP contribution in [0.1, 0.15) is 11.3 Å². The summed E-state index contributed by atoms with van der Waals surface area (Å²) in [5, 5.41) is 4.89. The van der Waals surface area contributed by atoms with Crippen LogP contribution in [-0.4, -0.2) is 41.0 Å². The molecule has 5 nitrogen and oxygen atoms in total. The average Bonchev–Trinajstić information content (AvgIpc) is 3.00. The molecule has 1 aliphatic rings. The van der Waals surface area contributed by atoms with Gasteiger partial charge in [0.2, 0.25) is 0 Å². The lowest BCUT2D eigenvalue weighted by Gasteiger charge is -2.26. The Morgan fingerprint density at radius 2 is 1.69 bits per heavy atom. The minimum Gasteiger partial charge on any atom is -0.383 e. The lowest BCUT2D eigenvalue weighted by atomic mass is 10.0. The normalized spacial score (nSPS) is 15.3. The first-order valence-corrected chi connectivity index (χ1v) is 9.02. The molecule has 0 spiro atoms. The SMILES string of the molecule is Cc1ccc(-n2nc(CN3CCOCC3)c(-c3ccccc3)c2N)cc1. The zero-order valence-corrected chi connectivity index (χ0v) is 15.1. The van der Waals surface area contributed by atoms with Gasteiger partial charge in [0, 0.05) is 25.2 Å². The average molecular weight is 348 g/mol. The lowest BCUT2D eigenvalue weighted by Crippen LogP contribution is -2.35. The number of anilines is 1. The molecule has 0 atom stereocenters. The van der Waals surface area contributed by atoms with E-state index in [1.807, 2.05) is 22.9 Å². The van der Waals surface area contributed by atoms with Crippen LogP contribution in [0.15, 0.2) is 54.6 Å². The van der Waals surface area contributed by atoms with Crippen LogP contribution in [0.2, 0.25) is 0 Å². The fourth-order valence-electron chi connectivity index (χ4n) is 3.36. The predicted octanol–water partition coefficient (Wildman–Crippen LogP) is 3.26. The fourth-order valence-corrected chi connectivity index (χ4v) is 3.36. The van der Waals surface area contributed by atoms with Gasteiger partial charge in [-0.2, -0.15) is 5.10 Å². The molecule has 1 aliphatic heterocycles. The molecule has 134 valence electrons. The van der Waals surface area contributed by atoms with Gasteiger partial charge in [-0.15, -0.1) is 0 Å². The summed E-state index contributed by atoms with van der Waals surface area (Å²) in [7, 11) is 0. The highest BCUT2D eigenvalue weighted by molar-refractivity contribution is 5.77. The third kappa shape index (κ3) is 3.36. The van der Waals surface area contributed by atoms with Crippen LogP contribution in [0.25, 0.3) is 16.8 Å². The fraction of sp³-hybridized carbons (Fsp3) is 0.286. The van der Waals surface area contributed by atoms with Gasteiger partial charge in [0.05, 0.1) is 24.6 Å². The number of nitrogen functional groups attached to an aromatic ring is 1. The van der Waals surface area contributed by atoms with Crippen LogP contribution >= 0.6 is 0 Å². The van der Waals surface area contributed by atoms with E-state index in [1.165, 1.54) is 5.56 Å². The highest BCUT2D eigenvalue weighted by atomic mass is 16.5. The second kappa shape index (κ2) is 7.32. The molecule has 5 heteroatoms. The molecule has 3 aromatic rings. The van der Waals surface area contributed by atoms with Gasteiger partial charge in [-0.3, -0.25) is 4.90 Å². The molecule has 0 amide bonds. The first-order chi connectivity index (χ1) is 12.7. The molecule has 0 bridgehead atoms. The number of morpholine rings is 1. The minimum absolute atomic E-state index is 0.684. The molecular formula is C21H24N4O. The molecule has 2 heterocycles. The zero-order chi connectivity index (χ0) is 17.9. The van der Waals surface area contributed by atoms with E-state index in [1.54, 1.807) is 0 Å². The van der Waals surface area contributed by atoms with Crippen molar-refractivity contribution in [3.8, 4) is 16.8 Å². The molecule has 4 rings (SSSR count). The highest BCUT2D eigenvalue weighted by Gasteiger charge is 2.21. The number of benzene rings is 2. The van der Waals surface area contributed by atoms with Crippen LogP contribution in [0.3, 0.4) is 0 Å². The summed E-state index contributed by atoms with van der Waals surface area (Å²) in [5.74, 6) is 0.684. The summed E-state index contributed by atoms with van der Waals surface area (Å²) in [5.41, 5.74) is 11.9. The number of nitrogens with two attached hydrogens (primary N) is 1. The van der Waals surface area contributed by atoms with E-state index in [0.29, 0.717) is 5.82 Å². The van der Waals surface area contributed by atoms with Gasteiger partial charge in [-0.05, 0) is 24.6 Å². The van der Waals surface area contributed by atoms with Gasteiger partial charge in [0.15, 0.2) is 0 Å². The standard InChI is InChI=1S/C21H24N4O/c1-16-7-9-18(10-8-16)25-21(22)20(17-5-3-2-4-6-17)19(23-25)15-24-11-13-26-14-12-24/h2-10H,11-15,22H2,1H3. The van der Waals surface area contributed by atoms with E-state index in [9.17, 15) is 0 Å². The van der Waals surface area contributed by atoms with E-state index in [-0.39, 0.29) is 0 Å². The summed E-state index contributed by atoms with van der Waals surface area (Å²) in [4.78, 5) is 2.37. The molecule has 0 aliphatic carbocycles. The van der Waals surface area contributed by atoms with E-state index in [0.717, 1.165) is 55.4 Å². The van der Waals surface area contributed by atoms with Gasteiger partial charge in [0.1, 0.15) is 5.82 Å². The predicted molar refractivity (Wildman–Crippen MR) is 104 cm³/mol. The number of rotatable bonds is 4. The molecule has 1 fully saturated rings. The van der Waals surface area contributed by atoms with E-state index in [4.69, 9.17) is 15.6 Å². The van der Waals surface area contributed by atoms with Crippen LogP contribution in [0.5, 0.6) is 0 Å². The van der Waals surface area contributed by atoms with Crippen molar-refractivity contribution in [3.05, 3.63) is 65.9 Å². The van der Waals surface area contributed by atoms with E-state index in [2.05, 4.69) is 48.2 Å². The number of hydrogen-bond acceptors (Lipinski definition) is 4. The summed E-state index contributed by atoms with van der Waals surface area (Å²) in [6, 6.07) is 18.6. The monoisotopic (exact) mass is 348 g/mol. The largest absolute Gasteiger partial charge is 0.383 e. The summed E-state index contributed by atoms with van der Waals surface area (Å²) in [6.45, 7) is 6.24. The van der Waals surface area contributed by atoms with Crippen molar-refractivity contribution >= 4 is 5.82 Å². The Balaban J connectivity index is 1.77. The molecule has 1 aromatic heterocycles. The topological polar surface area (TPSA) is 56.3 Å². The summed E-state index contributed by atoms with van der Waals surface area (Å²) < 4.78 is 7.33. The Kier molecular flexibility index (Phi) is 4.73. The molecule has 2 N–H and O–H groups in total. The van der Waals surface area contributed by atoms with Crippen molar-refractivity contribution in [1.82, 2.24) is 14.7 Å². The smallest absolute Gasteiger partial charge is 0.135 e. The molecule has 1 saturated heterocycles. The number of nitrogens with zero attached hydrogens (tertiary/aromatic N) is 3. The third-order valence-electron chi connectivity index (χ3n) is 4.81. The van der Waals surface area contributed by atoms with Crippen LogP contribution < -0.4 is 5.73 Å². The lowest BCUT2D eigenvalue weighted by molar-refractivity contribution is 0.0337. The van der Waals surface area contributed by atoms with Crippen molar-refractivity contribution < 1.29 is 4.74 Å². The highest BCUT2D eigenvalue weighted by Crippen LogP contribution is 2.32. The minimum atomic E-state index is 0.684. The van der Waals surface area contributed by atoms with Gasteiger partial charge >= 0.3 is 0 Å². The number of aromatic nitrogens is 2. The number of ether oxygens (including phenoxy) is 1. The van der Waals surface area contributed by atoms with E-state index >= 15 is 0 Å². The van der Waals surface area contributed by atoms with Crippen molar-refractivity contribution in [2.45, 2.75) is 13.5 Å². The second-order valence-electron chi connectivity index (χ2n) is 6.71. The molecule has 0 saturated carbocycles. The Labute approximate surface area is 154 Å². The van der Waals surface area contributed by atoms with Gasteiger partial charge in [-0.25, -0.2) is 4.68 Å². The number of aryl methyl sites for hydroxylation is 1. The second-order valence-corrected chi connectivity index (χ2v) is 6.71. The van der Waals surface area contributed by atoms with Crippen molar-refractivity contribution in [3.63, 3.8) is 0 Å². The van der Waals surface area contributed by atoms with Crippen molar-refractivity contribution in [1.29, 1.82) is 0 Å². The Morgan fingerprint density at radius 3 is 2.38 bits per heavy atom. The quantitative estimate of drug-likeness (QED) is 0.786. The maximum atomic E-state index is 6.57. The van der Waals surface area contributed by atoms with Gasteiger partial charge in [0.25, 0.3) is 0 Å². The number of hydrogen-bond donors (Lipinski definition) is 1. The molecule has 26 heavy (non-hydrogen) atoms. The Morgan fingerprint density at radius 1 is 1.00 bits per heavy atom. The molecule has 2 aromatic carbocycles. The van der Waals surface area contributed by atoms with Crippen LogP contribution in [-0.2, 0) is 11.3 Å². The first kappa shape index (κ1) is 16.8. The molecule has 0 radical (unpaired) electrons. The first-order valence-electron chi connectivity index (χ1n) is 9.02. The van der Waals surface area contributed by atoms with Crippen molar-refractivity contribution in [2.24, 2.45) is 0 Å². The van der Waals surface area contributed by atoms with Crippen molar-refractivity contribution in [2.75, 3.05) is 32.0 Å². The Hall–Kier alpha value is -2.63. The van der Waals surface area contributed by atoms with Crippen LogP contribution in [0.4, 0.5) is 5.82 Å². The molecule has 0 unspecified atom stereocenters.